The van der Waals surface area contributed by atoms with Crippen LogP contribution in [0.4, 0.5) is 5.69 Å². The Kier molecular flexibility index (Phi) is 7.70. The third-order valence-corrected chi connectivity index (χ3v) is 4.43. The van der Waals surface area contributed by atoms with Gasteiger partial charge in [0, 0.05) is 11.1 Å². The summed E-state index contributed by atoms with van der Waals surface area (Å²) in [6.45, 7) is 3.43. The molecule has 1 amide bonds. The van der Waals surface area contributed by atoms with Crippen LogP contribution in [-0.2, 0) is 14.3 Å². The SMILES string of the molecule is COc1ccc(OC)c(NC(=O)COC(=O)[C@@H](c2ccc(Cl)cc2)C(C)C)c1. The average Bonchev–Trinajstić information content (AvgIpc) is 2.67. The van der Waals surface area contributed by atoms with E-state index in [1.165, 1.54) is 14.2 Å². The van der Waals surface area contributed by atoms with Crippen LogP contribution in [0.15, 0.2) is 42.5 Å². The molecule has 0 heterocycles. The van der Waals surface area contributed by atoms with E-state index in [-0.39, 0.29) is 5.92 Å². The first-order valence-corrected chi connectivity index (χ1v) is 9.17. The molecule has 6 nitrogen and oxygen atoms in total. The number of ether oxygens (including phenoxy) is 3. The third-order valence-electron chi connectivity index (χ3n) is 4.18. The quantitative estimate of drug-likeness (QED) is 0.663. The van der Waals surface area contributed by atoms with E-state index in [1.54, 1.807) is 42.5 Å². The molecule has 7 heteroatoms. The Bertz CT molecular complexity index is 820. The van der Waals surface area contributed by atoms with Crippen LogP contribution < -0.4 is 14.8 Å². The highest BCUT2D eigenvalue weighted by Crippen LogP contribution is 2.29. The lowest BCUT2D eigenvalue weighted by atomic mass is 9.88. The van der Waals surface area contributed by atoms with Gasteiger partial charge >= 0.3 is 5.97 Å². The monoisotopic (exact) mass is 405 g/mol. The maximum Gasteiger partial charge on any atom is 0.314 e. The van der Waals surface area contributed by atoms with Gasteiger partial charge in [0.05, 0.1) is 25.8 Å². The van der Waals surface area contributed by atoms with Gasteiger partial charge in [-0.2, -0.15) is 0 Å². The van der Waals surface area contributed by atoms with Crippen LogP contribution in [0.25, 0.3) is 0 Å². The summed E-state index contributed by atoms with van der Waals surface area (Å²) in [4.78, 5) is 24.8. The molecule has 0 fully saturated rings. The number of anilines is 1. The number of carbonyl (C=O) groups is 2. The highest BCUT2D eigenvalue weighted by atomic mass is 35.5. The van der Waals surface area contributed by atoms with E-state index in [0.717, 1.165) is 5.56 Å². The molecule has 0 aliphatic rings. The highest BCUT2D eigenvalue weighted by molar-refractivity contribution is 6.30. The fourth-order valence-corrected chi connectivity index (χ4v) is 2.91. The normalized spacial score (nSPS) is 11.6. The molecule has 0 aliphatic carbocycles. The lowest BCUT2D eigenvalue weighted by Crippen LogP contribution is -2.26. The number of esters is 1. The van der Waals surface area contributed by atoms with Gasteiger partial charge in [-0.05, 0) is 35.7 Å². The summed E-state index contributed by atoms with van der Waals surface area (Å²) in [5, 5.41) is 3.26. The average molecular weight is 406 g/mol. The van der Waals surface area contributed by atoms with E-state index in [2.05, 4.69) is 5.32 Å². The fourth-order valence-electron chi connectivity index (χ4n) is 2.79. The summed E-state index contributed by atoms with van der Waals surface area (Å²) in [7, 11) is 3.02. The van der Waals surface area contributed by atoms with Gasteiger partial charge in [-0.3, -0.25) is 9.59 Å². The van der Waals surface area contributed by atoms with Crippen LogP contribution >= 0.6 is 11.6 Å². The Hall–Kier alpha value is -2.73. The van der Waals surface area contributed by atoms with E-state index in [4.69, 9.17) is 25.8 Å². The molecule has 1 atom stereocenters. The summed E-state index contributed by atoms with van der Waals surface area (Å²) in [5.74, 6) is -0.396. The van der Waals surface area contributed by atoms with Crippen molar-refractivity contribution in [1.29, 1.82) is 0 Å². The van der Waals surface area contributed by atoms with Crippen molar-refractivity contribution in [1.82, 2.24) is 0 Å². The second-order valence-corrected chi connectivity index (χ2v) is 6.93. The molecule has 0 aliphatic heterocycles. The van der Waals surface area contributed by atoms with Gasteiger partial charge < -0.3 is 19.5 Å². The van der Waals surface area contributed by atoms with Gasteiger partial charge in [0.15, 0.2) is 6.61 Å². The van der Waals surface area contributed by atoms with Gasteiger partial charge in [-0.25, -0.2) is 0 Å². The molecule has 0 saturated heterocycles. The van der Waals surface area contributed by atoms with Crippen LogP contribution in [0.1, 0.15) is 25.3 Å². The molecule has 0 unspecified atom stereocenters. The molecule has 1 N–H and O–H groups in total. The summed E-state index contributed by atoms with van der Waals surface area (Å²) < 4.78 is 15.6. The van der Waals surface area contributed by atoms with E-state index in [1.807, 2.05) is 13.8 Å². The molecule has 2 rings (SSSR count). The zero-order valence-corrected chi connectivity index (χ0v) is 17.1. The lowest BCUT2D eigenvalue weighted by Gasteiger charge is -2.20. The molecular formula is C21H24ClNO5. The van der Waals surface area contributed by atoms with Crippen LogP contribution in [0.2, 0.25) is 5.02 Å². The molecule has 28 heavy (non-hydrogen) atoms. The van der Waals surface area contributed by atoms with E-state index in [0.29, 0.717) is 22.2 Å². The van der Waals surface area contributed by atoms with E-state index in [9.17, 15) is 9.59 Å². The Morgan fingerprint density at radius 3 is 2.29 bits per heavy atom. The lowest BCUT2D eigenvalue weighted by molar-refractivity contribution is -0.149. The topological polar surface area (TPSA) is 73.9 Å². The second-order valence-electron chi connectivity index (χ2n) is 6.50. The van der Waals surface area contributed by atoms with Crippen LogP contribution in [0.3, 0.4) is 0 Å². The number of methoxy groups -OCH3 is 2. The third kappa shape index (κ3) is 5.63. The van der Waals surface area contributed by atoms with Gasteiger partial charge in [0.2, 0.25) is 0 Å². The van der Waals surface area contributed by atoms with Gasteiger partial charge in [0.1, 0.15) is 11.5 Å². The van der Waals surface area contributed by atoms with E-state index < -0.39 is 24.4 Å². The molecule has 0 spiro atoms. The first-order valence-electron chi connectivity index (χ1n) is 8.79. The van der Waals surface area contributed by atoms with Crippen LogP contribution in [0, 0.1) is 5.92 Å². The van der Waals surface area contributed by atoms with Crippen LogP contribution in [0.5, 0.6) is 11.5 Å². The number of halogens is 1. The molecule has 0 aromatic heterocycles. The summed E-state index contributed by atoms with van der Waals surface area (Å²) in [6, 6.07) is 12.0. The number of nitrogens with one attached hydrogen (secondary N) is 1. The number of amides is 1. The summed E-state index contributed by atoms with van der Waals surface area (Å²) in [5.41, 5.74) is 1.22. The van der Waals surface area contributed by atoms with Gasteiger partial charge in [-0.15, -0.1) is 0 Å². The fraction of sp³-hybridized carbons (Fsp3) is 0.333. The van der Waals surface area contributed by atoms with Crippen molar-refractivity contribution in [3.63, 3.8) is 0 Å². The minimum absolute atomic E-state index is 0.00443. The summed E-state index contributed by atoms with van der Waals surface area (Å²) >= 11 is 5.91. The van der Waals surface area contributed by atoms with Crippen molar-refractivity contribution in [2.75, 3.05) is 26.1 Å². The molecule has 0 bridgehead atoms. The predicted molar refractivity (Wildman–Crippen MR) is 108 cm³/mol. The van der Waals surface area contributed by atoms with Crippen molar-refractivity contribution < 1.29 is 23.8 Å². The number of benzene rings is 2. The Morgan fingerprint density at radius 2 is 1.71 bits per heavy atom. The first kappa shape index (κ1) is 21.6. The largest absolute Gasteiger partial charge is 0.497 e. The zero-order valence-electron chi connectivity index (χ0n) is 16.3. The van der Waals surface area contributed by atoms with Crippen molar-refractivity contribution in [3.05, 3.63) is 53.1 Å². The van der Waals surface area contributed by atoms with Crippen LogP contribution in [-0.4, -0.2) is 32.7 Å². The number of carbonyl (C=O) groups excluding carboxylic acids is 2. The summed E-state index contributed by atoms with van der Waals surface area (Å²) in [6.07, 6.45) is 0. The maximum absolute atomic E-state index is 12.6. The number of hydrogen-bond donors (Lipinski definition) is 1. The second kappa shape index (κ2) is 9.99. The van der Waals surface area contributed by atoms with Gasteiger partial charge in [-0.1, -0.05) is 37.6 Å². The minimum atomic E-state index is -0.489. The maximum atomic E-state index is 12.6. The smallest absolute Gasteiger partial charge is 0.314 e. The van der Waals surface area contributed by atoms with Crippen molar-refractivity contribution in [2.24, 2.45) is 5.92 Å². The number of rotatable bonds is 8. The molecule has 150 valence electrons. The van der Waals surface area contributed by atoms with E-state index >= 15 is 0 Å². The van der Waals surface area contributed by atoms with Crippen molar-refractivity contribution in [2.45, 2.75) is 19.8 Å². The zero-order chi connectivity index (χ0) is 20.7. The Morgan fingerprint density at radius 1 is 1.04 bits per heavy atom. The first-order chi connectivity index (χ1) is 13.3. The Labute approximate surface area is 169 Å². The molecule has 0 saturated carbocycles. The molecule has 2 aromatic carbocycles. The van der Waals surface area contributed by atoms with Gasteiger partial charge in [0.25, 0.3) is 5.91 Å². The van der Waals surface area contributed by atoms with Crippen molar-refractivity contribution in [3.8, 4) is 11.5 Å². The van der Waals surface area contributed by atoms with Crippen molar-refractivity contribution >= 4 is 29.2 Å². The number of hydrogen-bond acceptors (Lipinski definition) is 5. The molecule has 2 aromatic rings. The minimum Gasteiger partial charge on any atom is -0.497 e. The molecular weight excluding hydrogens is 382 g/mol. The molecule has 0 radical (unpaired) electrons. The highest BCUT2D eigenvalue weighted by Gasteiger charge is 2.26. The Balaban J connectivity index is 2.03. The standard InChI is InChI=1S/C21H24ClNO5/c1-13(2)20(14-5-7-15(22)8-6-14)21(25)28-12-19(24)23-17-11-16(26-3)9-10-18(17)27-4/h5-11,13,20H,12H2,1-4H3,(H,23,24)/t20-/m1/s1. The predicted octanol–water partition coefficient (Wildman–Crippen LogP) is 4.28.